The van der Waals surface area contributed by atoms with Gasteiger partial charge in [-0.05, 0) is 146 Å². The van der Waals surface area contributed by atoms with Gasteiger partial charge in [0.2, 0.25) is 0 Å². The van der Waals surface area contributed by atoms with E-state index in [-0.39, 0.29) is 6.85 Å². The van der Waals surface area contributed by atoms with Crippen LogP contribution in [0, 0.1) is 6.92 Å². The van der Waals surface area contributed by atoms with Crippen molar-refractivity contribution in [2.75, 3.05) is 9.71 Å². The van der Waals surface area contributed by atoms with Crippen molar-refractivity contribution < 1.29 is 4.42 Å². The first-order chi connectivity index (χ1) is 34.6. The average molecular weight is 895 g/mol. The molecule has 0 atom stereocenters. The molecule has 0 fully saturated rings. The largest absolute Gasteiger partial charge is 0.456 e. The lowest BCUT2D eigenvalue weighted by molar-refractivity contribution is 0.669. The predicted molar refractivity (Wildman–Crippen MR) is 293 cm³/mol. The van der Waals surface area contributed by atoms with Gasteiger partial charge in [0.1, 0.15) is 11.2 Å². The minimum Gasteiger partial charge on any atom is -0.456 e. The molecule has 0 radical (unpaired) electrons. The summed E-state index contributed by atoms with van der Waals surface area (Å²) in [7, 11) is 0. The Morgan fingerprint density at radius 2 is 1.14 bits per heavy atom. The molecule has 3 aliphatic heterocycles. The zero-order chi connectivity index (χ0) is 46.2. The smallest absolute Gasteiger partial charge is 0.333 e. The monoisotopic (exact) mass is 894 g/mol. The van der Waals surface area contributed by atoms with Gasteiger partial charge in [0.15, 0.2) is 0 Å². The molecule has 0 bridgehead atoms. The fourth-order valence-corrected chi connectivity index (χ4v) is 13.2. The van der Waals surface area contributed by atoms with E-state index in [1.807, 2.05) is 0 Å². The molecule has 330 valence electrons. The Hall–Kier alpha value is -8.34. The van der Waals surface area contributed by atoms with Gasteiger partial charge in [-0.2, -0.15) is 0 Å². The first-order valence-electron chi connectivity index (χ1n) is 25.0. The van der Waals surface area contributed by atoms with Crippen molar-refractivity contribution in [1.82, 2.24) is 0 Å². The van der Waals surface area contributed by atoms with Gasteiger partial charge in [-0.1, -0.05) is 177 Å². The Labute approximate surface area is 409 Å². The number of para-hydroxylation sites is 3. The fourth-order valence-electron chi connectivity index (χ4n) is 13.2. The van der Waals surface area contributed by atoms with Gasteiger partial charge in [0.05, 0.1) is 11.1 Å². The Kier molecular flexibility index (Phi) is 8.40. The molecule has 0 N–H and O–H groups in total. The van der Waals surface area contributed by atoms with Crippen LogP contribution in [0.1, 0.15) is 53.1 Å². The molecule has 4 heteroatoms. The quantitative estimate of drug-likeness (QED) is 0.155. The van der Waals surface area contributed by atoms with Crippen LogP contribution in [0.2, 0.25) is 0 Å². The summed E-state index contributed by atoms with van der Waals surface area (Å²) in [5.41, 5.74) is 27.8. The molecule has 70 heavy (non-hydrogen) atoms. The van der Waals surface area contributed by atoms with Crippen LogP contribution < -0.4 is 20.6 Å². The molecule has 4 aliphatic rings. The number of benzene rings is 10. The normalized spacial score (nSPS) is 14.1. The number of furan rings is 1. The van der Waals surface area contributed by atoms with E-state index < -0.39 is 5.41 Å². The van der Waals surface area contributed by atoms with E-state index in [2.05, 4.69) is 236 Å². The van der Waals surface area contributed by atoms with Gasteiger partial charge in [-0.3, -0.25) is 0 Å². The Bertz CT molecular complexity index is 3950. The van der Waals surface area contributed by atoms with Crippen LogP contribution in [0.25, 0.3) is 66.4 Å². The van der Waals surface area contributed by atoms with E-state index in [1.54, 1.807) is 0 Å². The van der Waals surface area contributed by atoms with Crippen molar-refractivity contribution in [3.8, 4) is 44.5 Å². The molecule has 1 aliphatic carbocycles. The third kappa shape index (κ3) is 5.26. The van der Waals surface area contributed by atoms with E-state index in [0.717, 1.165) is 46.9 Å². The second-order valence-electron chi connectivity index (χ2n) is 19.8. The number of hydrogen-bond donors (Lipinski definition) is 0. The Morgan fingerprint density at radius 3 is 1.94 bits per heavy atom. The topological polar surface area (TPSA) is 19.6 Å². The fraction of sp³-hybridized carbons (Fsp3) is 0.0909. The minimum atomic E-state index is -0.532. The summed E-state index contributed by atoms with van der Waals surface area (Å²) in [5, 5.41) is 2.24. The van der Waals surface area contributed by atoms with Gasteiger partial charge in [-0.15, -0.1) is 0 Å². The minimum absolute atomic E-state index is 0.192. The summed E-state index contributed by atoms with van der Waals surface area (Å²) < 4.78 is 6.89. The van der Waals surface area contributed by atoms with Crippen molar-refractivity contribution in [2.45, 2.75) is 38.5 Å². The molecule has 10 aromatic carbocycles. The van der Waals surface area contributed by atoms with Crippen LogP contribution in [-0.4, -0.2) is 6.85 Å². The molecule has 0 amide bonds. The maximum absolute atomic E-state index is 6.89. The number of fused-ring (bicyclic) bond motifs is 16. The zero-order valence-corrected chi connectivity index (χ0v) is 39.2. The molecule has 4 heterocycles. The summed E-state index contributed by atoms with van der Waals surface area (Å²) >= 11 is 0. The highest BCUT2D eigenvalue weighted by Gasteiger charge is 2.56. The molecular formula is C66H47BN2O. The van der Waals surface area contributed by atoms with Crippen molar-refractivity contribution in [3.05, 3.63) is 246 Å². The van der Waals surface area contributed by atoms with Crippen LogP contribution in [-0.2, 0) is 11.8 Å². The first kappa shape index (κ1) is 39.6. The van der Waals surface area contributed by atoms with Gasteiger partial charge in [-0.25, -0.2) is 0 Å². The Balaban J connectivity index is 1.11. The van der Waals surface area contributed by atoms with Gasteiger partial charge in [0.25, 0.3) is 0 Å². The SMILES string of the molecule is CCCCc1ccc(N2c3cc4c(cc3B3c5c(cc(-c6ccccc6C)cc52)-c2cccc5c2N3c2ccccc2C52c3ccccc3-c3ccccc32)oc2ccccc24)c(-c2ccccc2)c1. The van der Waals surface area contributed by atoms with E-state index >= 15 is 0 Å². The lowest BCUT2D eigenvalue weighted by atomic mass is 9.42. The van der Waals surface area contributed by atoms with E-state index in [9.17, 15) is 0 Å². The molecule has 1 spiro atoms. The predicted octanol–water partition coefficient (Wildman–Crippen LogP) is 16.0. The first-order valence-corrected chi connectivity index (χ1v) is 25.0. The van der Waals surface area contributed by atoms with Crippen LogP contribution >= 0.6 is 0 Å². The third-order valence-corrected chi connectivity index (χ3v) is 16.1. The third-order valence-electron chi connectivity index (χ3n) is 16.1. The summed E-state index contributed by atoms with van der Waals surface area (Å²) in [6.45, 7) is 4.34. The van der Waals surface area contributed by atoms with Crippen molar-refractivity contribution in [3.63, 3.8) is 0 Å². The Morgan fingerprint density at radius 1 is 0.457 bits per heavy atom. The highest BCUT2D eigenvalue weighted by molar-refractivity contribution is 6.94. The van der Waals surface area contributed by atoms with Gasteiger partial charge in [0, 0.05) is 44.6 Å². The summed E-state index contributed by atoms with van der Waals surface area (Å²) in [6, 6.07) is 80.3. The number of hydrogen-bond acceptors (Lipinski definition) is 3. The maximum Gasteiger partial charge on any atom is 0.333 e. The van der Waals surface area contributed by atoms with Crippen molar-refractivity contribution >= 4 is 68.1 Å². The lowest BCUT2D eigenvalue weighted by Gasteiger charge is -2.52. The zero-order valence-electron chi connectivity index (χ0n) is 39.2. The molecule has 15 rings (SSSR count). The number of aryl methyl sites for hydroxylation is 2. The van der Waals surface area contributed by atoms with E-state index in [1.165, 1.54) is 112 Å². The summed E-state index contributed by atoms with van der Waals surface area (Å²) in [5.74, 6) is 0. The summed E-state index contributed by atoms with van der Waals surface area (Å²) in [6.07, 6.45) is 3.34. The van der Waals surface area contributed by atoms with E-state index in [0.29, 0.717) is 0 Å². The number of unbranched alkanes of at least 4 members (excludes halogenated alkanes) is 1. The van der Waals surface area contributed by atoms with Crippen LogP contribution in [0.5, 0.6) is 0 Å². The lowest BCUT2D eigenvalue weighted by Crippen LogP contribution is -2.63. The average Bonchev–Trinajstić information content (AvgIpc) is 3.94. The molecule has 3 nitrogen and oxygen atoms in total. The van der Waals surface area contributed by atoms with Crippen LogP contribution in [0.15, 0.2) is 217 Å². The number of rotatable bonds is 6. The van der Waals surface area contributed by atoms with Crippen molar-refractivity contribution in [1.29, 1.82) is 0 Å². The molecule has 0 saturated carbocycles. The van der Waals surface area contributed by atoms with Gasteiger partial charge >= 0.3 is 6.85 Å². The molecule has 11 aromatic rings. The summed E-state index contributed by atoms with van der Waals surface area (Å²) in [4.78, 5) is 5.35. The second kappa shape index (κ2) is 14.8. The molecule has 0 unspecified atom stereocenters. The van der Waals surface area contributed by atoms with E-state index in [4.69, 9.17) is 4.42 Å². The van der Waals surface area contributed by atoms with Crippen LogP contribution in [0.4, 0.5) is 28.4 Å². The second-order valence-corrected chi connectivity index (χ2v) is 19.8. The van der Waals surface area contributed by atoms with Crippen LogP contribution in [0.3, 0.4) is 0 Å². The van der Waals surface area contributed by atoms with Gasteiger partial charge < -0.3 is 14.1 Å². The standard InChI is InChI=1S/C66H47BN2O/c1-3-4-20-42-34-35-58(50(36-42)43-21-6-5-7-22-43)68-60-39-51-48-26-12-17-33-62(48)70-63(51)40-57(60)67-64-52(37-44(38-61(64)68)45-23-9-8-19-41(45)2)49-27-18-31-56-65(49)69(67)59-32-16-15-30-55(59)66(56)53-28-13-10-24-46(53)47-25-11-14-29-54(47)66/h5-19,21-40H,3-4,20H2,1-2H3. The number of anilines is 5. The molecule has 0 saturated heterocycles. The maximum atomic E-state index is 6.89. The molecule has 1 aromatic heterocycles. The number of nitrogens with zero attached hydrogens (tertiary/aromatic N) is 2. The highest BCUT2D eigenvalue weighted by Crippen LogP contribution is 2.65. The highest BCUT2D eigenvalue weighted by atomic mass is 16.3. The van der Waals surface area contributed by atoms with Crippen molar-refractivity contribution in [2.24, 2.45) is 0 Å². The molecular weight excluding hydrogens is 848 g/mol.